The van der Waals surface area contributed by atoms with Crippen LogP contribution in [0.25, 0.3) is 0 Å². The van der Waals surface area contributed by atoms with Crippen LogP contribution in [0, 0.1) is 18.3 Å². The molecule has 1 rings (SSSR count). The van der Waals surface area contributed by atoms with Crippen LogP contribution in [0.5, 0.6) is 0 Å². The van der Waals surface area contributed by atoms with Crippen LogP contribution in [0.15, 0.2) is 12.1 Å². The number of nitrogens with zero attached hydrogens (tertiary/aromatic N) is 3. The number of rotatable bonds is 3. The van der Waals surface area contributed by atoms with Crippen molar-refractivity contribution in [3.63, 3.8) is 0 Å². The second kappa shape index (κ2) is 4.42. The number of anilines is 1. The molecule has 0 unspecified atom stereocenters. The number of likely N-dealkylation sites (N-methyl/N-ethyl adjacent to an activating group) is 1. The van der Waals surface area contributed by atoms with Crippen molar-refractivity contribution in [1.29, 1.82) is 5.26 Å². The number of aromatic nitrogens is 1. The van der Waals surface area contributed by atoms with E-state index < -0.39 is 5.97 Å². The lowest BCUT2D eigenvalue weighted by molar-refractivity contribution is -0.135. The minimum Gasteiger partial charge on any atom is -0.480 e. The van der Waals surface area contributed by atoms with E-state index >= 15 is 0 Å². The van der Waals surface area contributed by atoms with Crippen LogP contribution in [0.2, 0.25) is 0 Å². The lowest BCUT2D eigenvalue weighted by Crippen LogP contribution is -2.26. The monoisotopic (exact) mass is 205 g/mol. The van der Waals surface area contributed by atoms with E-state index in [2.05, 4.69) is 4.98 Å². The van der Waals surface area contributed by atoms with Crippen molar-refractivity contribution in [1.82, 2.24) is 4.98 Å². The lowest BCUT2D eigenvalue weighted by atomic mass is 10.2. The first kappa shape index (κ1) is 11.0. The first-order chi connectivity index (χ1) is 7.04. The molecule has 78 valence electrons. The minimum absolute atomic E-state index is 0.175. The fourth-order valence-electron chi connectivity index (χ4n) is 1.20. The van der Waals surface area contributed by atoms with E-state index in [1.807, 2.05) is 6.07 Å². The van der Waals surface area contributed by atoms with Gasteiger partial charge in [0.15, 0.2) is 0 Å². The van der Waals surface area contributed by atoms with Crippen molar-refractivity contribution in [2.45, 2.75) is 6.92 Å². The zero-order valence-corrected chi connectivity index (χ0v) is 8.56. The summed E-state index contributed by atoms with van der Waals surface area (Å²) < 4.78 is 0. The Morgan fingerprint density at radius 1 is 1.67 bits per heavy atom. The Morgan fingerprint density at radius 3 is 2.87 bits per heavy atom. The molecule has 1 aromatic heterocycles. The number of hydrogen-bond acceptors (Lipinski definition) is 4. The first-order valence-corrected chi connectivity index (χ1v) is 4.35. The zero-order chi connectivity index (χ0) is 11.4. The molecule has 0 spiro atoms. The molecular formula is C10H11N3O2. The highest BCUT2D eigenvalue weighted by Crippen LogP contribution is 2.15. The molecule has 1 heterocycles. The lowest BCUT2D eigenvalue weighted by Gasteiger charge is -2.16. The number of carbonyl (C=O) groups is 1. The molecule has 15 heavy (non-hydrogen) atoms. The molecule has 5 nitrogen and oxygen atoms in total. The van der Waals surface area contributed by atoms with Crippen LogP contribution in [0.3, 0.4) is 0 Å². The van der Waals surface area contributed by atoms with E-state index in [1.165, 1.54) is 4.90 Å². The highest BCUT2D eigenvalue weighted by Gasteiger charge is 2.11. The number of pyridine rings is 1. The first-order valence-electron chi connectivity index (χ1n) is 4.35. The molecule has 0 aromatic carbocycles. The maximum absolute atomic E-state index is 10.5. The number of carboxylic acids is 1. The van der Waals surface area contributed by atoms with Gasteiger partial charge in [-0.05, 0) is 19.1 Å². The predicted molar refractivity (Wildman–Crippen MR) is 54.6 cm³/mol. The maximum atomic E-state index is 10.5. The van der Waals surface area contributed by atoms with Gasteiger partial charge in [0.05, 0.1) is 5.56 Å². The van der Waals surface area contributed by atoms with Gasteiger partial charge in [-0.1, -0.05) is 0 Å². The smallest absolute Gasteiger partial charge is 0.323 e. The number of carboxylic acid groups (broad SMARTS) is 1. The van der Waals surface area contributed by atoms with Crippen LogP contribution in [0.1, 0.15) is 11.3 Å². The summed E-state index contributed by atoms with van der Waals surface area (Å²) in [6, 6.07) is 5.33. The van der Waals surface area contributed by atoms with Crippen LogP contribution in [-0.2, 0) is 4.79 Å². The summed E-state index contributed by atoms with van der Waals surface area (Å²) in [7, 11) is 1.59. The van der Waals surface area contributed by atoms with E-state index in [0.717, 1.165) is 5.69 Å². The fraction of sp³-hybridized carbons (Fsp3) is 0.300. The van der Waals surface area contributed by atoms with Gasteiger partial charge in [0, 0.05) is 12.7 Å². The van der Waals surface area contributed by atoms with Gasteiger partial charge in [-0.3, -0.25) is 4.79 Å². The summed E-state index contributed by atoms with van der Waals surface area (Å²) in [5.41, 5.74) is 1.13. The summed E-state index contributed by atoms with van der Waals surface area (Å²) in [4.78, 5) is 16.1. The Kier molecular flexibility index (Phi) is 3.24. The van der Waals surface area contributed by atoms with Gasteiger partial charge in [-0.2, -0.15) is 5.26 Å². The average Bonchev–Trinajstić information content (AvgIpc) is 2.16. The molecule has 0 atom stereocenters. The van der Waals surface area contributed by atoms with Gasteiger partial charge in [-0.15, -0.1) is 0 Å². The van der Waals surface area contributed by atoms with Crippen LogP contribution in [0.4, 0.5) is 5.82 Å². The standard InChI is InChI=1S/C10H11N3O2/c1-7-3-4-8(5-11)10(12-7)13(2)6-9(14)15/h3-4H,6H2,1-2H3,(H,14,15). The Labute approximate surface area is 87.6 Å². The van der Waals surface area contributed by atoms with Crippen molar-refractivity contribution in [3.8, 4) is 6.07 Å². The van der Waals surface area contributed by atoms with Crippen molar-refractivity contribution < 1.29 is 9.90 Å². The van der Waals surface area contributed by atoms with Crippen LogP contribution in [-0.4, -0.2) is 29.7 Å². The summed E-state index contributed by atoms with van der Waals surface area (Å²) in [5, 5.41) is 17.5. The third kappa shape index (κ3) is 2.68. The fourth-order valence-corrected chi connectivity index (χ4v) is 1.20. The van der Waals surface area contributed by atoms with Crippen LogP contribution < -0.4 is 4.90 Å². The predicted octanol–water partition coefficient (Wildman–Crippen LogP) is 0.782. The largest absolute Gasteiger partial charge is 0.480 e. The molecule has 0 aliphatic rings. The molecule has 0 amide bonds. The molecule has 1 aromatic rings. The summed E-state index contributed by atoms with van der Waals surface area (Å²) in [6.07, 6.45) is 0. The van der Waals surface area contributed by atoms with E-state index in [1.54, 1.807) is 26.1 Å². The third-order valence-electron chi connectivity index (χ3n) is 1.87. The quantitative estimate of drug-likeness (QED) is 0.789. The molecule has 0 fully saturated rings. The van der Waals surface area contributed by atoms with Crippen molar-refractivity contribution in [3.05, 3.63) is 23.4 Å². The second-order valence-electron chi connectivity index (χ2n) is 3.19. The average molecular weight is 205 g/mol. The Morgan fingerprint density at radius 2 is 2.33 bits per heavy atom. The van der Waals surface area contributed by atoms with Crippen molar-refractivity contribution >= 4 is 11.8 Å². The number of nitriles is 1. The number of aryl methyl sites for hydroxylation is 1. The molecule has 0 bridgehead atoms. The summed E-state index contributed by atoms with van der Waals surface area (Å²) in [6.45, 7) is 1.62. The van der Waals surface area contributed by atoms with Gasteiger partial charge in [0.25, 0.3) is 0 Å². The third-order valence-corrected chi connectivity index (χ3v) is 1.87. The van der Waals surface area contributed by atoms with Crippen LogP contribution >= 0.6 is 0 Å². The zero-order valence-electron chi connectivity index (χ0n) is 8.56. The Balaban J connectivity index is 3.06. The summed E-state index contributed by atoms with van der Waals surface area (Å²) in [5.74, 6) is -0.551. The van der Waals surface area contributed by atoms with Crippen molar-refractivity contribution in [2.24, 2.45) is 0 Å². The van der Waals surface area contributed by atoms with Gasteiger partial charge < -0.3 is 10.0 Å². The normalized spacial score (nSPS) is 9.40. The highest BCUT2D eigenvalue weighted by atomic mass is 16.4. The van der Waals surface area contributed by atoms with Gasteiger partial charge in [-0.25, -0.2) is 4.98 Å². The number of hydrogen-bond donors (Lipinski definition) is 1. The summed E-state index contributed by atoms with van der Waals surface area (Å²) >= 11 is 0. The van der Waals surface area contributed by atoms with E-state index in [-0.39, 0.29) is 6.54 Å². The Hall–Kier alpha value is -2.09. The van der Waals surface area contributed by atoms with Gasteiger partial charge in [0.2, 0.25) is 0 Å². The van der Waals surface area contributed by atoms with Crippen molar-refractivity contribution in [2.75, 3.05) is 18.5 Å². The molecule has 0 aliphatic carbocycles. The number of aliphatic carboxylic acids is 1. The highest BCUT2D eigenvalue weighted by molar-refractivity contribution is 5.73. The molecular weight excluding hydrogens is 194 g/mol. The maximum Gasteiger partial charge on any atom is 0.323 e. The van der Waals surface area contributed by atoms with E-state index in [9.17, 15) is 4.79 Å². The molecule has 0 radical (unpaired) electrons. The molecule has 1 N–H and O–H groups in total. The van der Waals surface area contributed by atoms with Gasteiger partial charge >= 0.3 is 5.97 Å². The topological polar surface area (TPSA) is 77.2 Å². The molecule has 0 aliphatic heterocycles. The molecule has 0 saturated carbocycles. The van der Waals surface area contributed by atoms with Gasteiger partial charge in [0.1, 0.15) is 18.4 Å². The Bertz CT molecular complexity index is 423. The molecule has 5 heteroatoms. The molecule has 0 saturated heterocycles. The van der Waals surface area contributed by atoms with E-state index in [0.29, 0.717) is 11.4 Å². The minimum atomic E-state index is -0.954. The van der Waals surface area contributed by atoms with E-state index in [4.69, 9.17) is 10.4 Å². The SMILES string of the molecule is Cc1ccc(C#N)c(N(C)CC(=O)O)n1. The second-order valence-corrected chi connectivity index (χ2v) is 3.19.